The minimum atomic E-state index is 0.427. The van der Waals surface area contributed by atoms with Crippen molar-refractivity contribution in [1.29, 1.82) is 0 Å². The molecule has 0 unspecified atom stereocenters. The third-order valence-electron chi connectivity index (χ3n) is 1.95. The minimum absolute atomic E-state index is 0.427. The molecule has 1 N–H and O–H groups in total. The van der Waals surface area contributed by atoms with Gasteiger partial charge in [-0.2, -0.15) is 0 Å². The maximum Gasteiger partial charge on any atom is 0.249 e. The second-order valence-electron chi connectivity index (χ2n) is 3.16. The van der Waals surface area contributed by atoms with Gasteiger partial charge in [0.1, 0.15) is 0 Å². The molecule has 0 saturated carbocycles. The summed E-state index contributed by atoms with van der Waals surface area (Å²) in [6, 6.07) is 5.48. The summed E-state index contributed by atoms with van der Waals surface area (Å²) in [5.74, 6) is 0.963. The molecule has 0 amide bonds. The van der Waals surface area contributed by atoms with Gasteiger partial charge < -0.3 is 9.73 Å². The van der Waals surface area contributed by atoms with Crippen molar-refractivity contribution in [3.05, 3.63) is 33.6 Å². The predicted molar refractivity (Wildman–Crippen MR) is 65.2 cm³/mol. The predicted octanol–water partition coefficient (Wildman–Crippen LogP) is 2.87. The number of halogens is 2. The molecule has 0 radical (unpaired) electrons. The van der Waals surface area contributed by atoms with Crippen molar-refractivity contribution in [3.8, 4) is 11.5 Å². The van der Waals surface area contributed by atoms with Gasteiger partial charge in [-0.1, -0.05) is 27.5 Å². The van der Waals surface area contributed by atoms with Crippen LogP contribution in [0.25, 0.3) is 11.5 Å². The lowest BCUT2D eigenvalue weighted by Crippen LogP contribution is -2.04. The Balaban J connectivity index is 2.38. The van der Waals surface area contributed by atoms with Crippen LogP contribution in [-0.2, 0) is 6.54 Å². The zero-order chi connectivity index (χ0) is 11.5. The van der Waals surface area contributed by atoms with E-state index in [0.717, 1.165) is 10.0 Å². The lowest BCUT2D eigenvalue weighted by molar-refractivity contribution is 0.490. The quantitative estimate of drug-likeness (QED) is 0.947. The summed E-state index contributed by atoms with van der Waals surface area (Å²) >= 11 is 9.42. The number of nitrogens with zero attached hydrogens (tertiary/aromatic N) is 2. The van der Waals surface area contributed by atoms with Gasteiger partial charge in [-0.05, 0) is 25.2 Å². The third kappa shape index (κ3) is 2.42. The van der Waals surface area contributed by atoms with Crippen molar-refractivity contribution in [2.45, 2.75) is 6.54 Å². The minimum Gasteiger partial charge on any atom is -0.419 e. The molecule has 4 nitrogen and oxygen atoms in total. The van der Waals surface area contributed by atoms with Crippen molar-refractivity contribution < 1.29 is 4.42 Å². The van der Waals surface area contributed by atoms with E-state index in [9.17, 15) is 0 Å². The smallest absolute Gasteiger partial charge is 0.249 e. The first-order valence-corrected chi connectivity index (χ1v) is 5.80. The normalized spacial score (nSPS) is 10.7. The second kappa shape index (κ2) is 4.95. The Labute approximate surface area is 106 Å². The first-order chi connectivity index (χ1) is 7.70. The fourth-order valence-corrected chi connectivity index (χ4v) is 1.81. The van der Waals surface area contributed by atoms with Crippen LogP contribution in [0.15, 0.2) is 27.1 Å². The fraction of sp³-hybridized carbons (Fsp3) is 0.200. The van der Waals surface area contributed by atoms with Gasteiger partial charge >= 0.3 is 0 Å². The molecule has 0 atom stereocenters. The van der Waals surface area contributed by atoms with Crippen LogP contribution in [0.1, 0.15) is 5.89 Å². The van der Waals surface area contributed by atoms with Crippen molar-refractivity contribution in [2.24, 2.45) is 0 Å². The maximum atomic E-state index is 6.05. The summed E-state index contributed by atoms with van der Waals surface area (Å²) in [5.41, 5.74) is 0.728. The topological polar surface area (TPSA) is 51.0 Å². The zero-order valence-electron chi connectivity index (χ0n) is 8.50. The van der Waals surface area contributed by atoms with Crippen LogP contribution in [0, 0.1) is 0 Å². The highest BCUT2D eigenvalue weighted by Crippen LogP contribution is 2.29. The van der Waals surface area contributed by atoms with Gasteiger partial charge in [-0.3, -0.25) is 0 Å². The highest BCUT2D eigenvalue weighted by Gasteiger charge is 2.11. The molecule has 0 saturated heterocycles. The Morgan fingerprint density at radius 1 is 1.44 bits per heavy atom. The standard InChI is InChI=1S/C10H9BrClN3O/c1-13-5-9-14-15-10(16-9)7-4-6(11)2-3-8(7)12/h2-4,13H,5H2,1H3. The molecular formula is C10H9BrClN3O. The van der Waals surface area contributed by atoms with E-state index in [1.165, 1.54) is 0 Å². The number of benzene rings is 1. The van der Waals surface area contributed by atoms with E-state index >= 15 is 0 Å². The molecule has 2 rings (SSSR count). The van der Waals surface area contributed by atoms with E-state index in [-0.39, 0.29) is 0 Å². The van der Waals surface area contributed by atoms with Crippen LogP contribution in [0.5, 0.6) is 0 Å². The molecule has 0 aliphatic heterocycles. The fourth-order valence-electron chi connectivity index (χ4n) is 1.25. The molecule has 84 valence electrons. The van der Waals surface area contributed by atoms with Crippen LogP contribution in [-0.4, -0.2) is 17.2 Å². The van der Waals surface area contributed by atoms with E-state index in [4.69, 9.17) is 16.0 Å². The summed E-state index contributed by atoms with van der Waals surface area (Å²) in [5, 5.41) is 11.4. The molecule has 1 aromatic heterocycles. The van der Waals surface area contributed by atoms with E-state index in [2.05, 4.69) is 31.4 Å². The number of rotatable bonds is 3. The average Bonchev–Trinajstić information content (AvgIpc) is 2.71. The first kappa shape index (κ1) is 11.6. The second-order valence-corrected chi connectivity index (χ2v) is 4.48. The van der Waals surface area contributed by atoms with Crippen LogP contribution >= 0.6 is 27.5 Å². The van der Waals surface area contributed by atoms with Gasteiger partial charge in [0, 0.05) is 4.47 Å². The maximum absolute atomic E-state index is 6.05. The van der Waals surface area contributed by atoms with Crippen molar-refractivity contribution in [3.63, 3.8) is 0 Å². The Morgan fingerprint density at radius 3 is 3.00 bits per heavy atom. The zero-order valence-corrected chi connectivity index (χ0v) is 10.8. The molecule has 2 aromatic rings. The Morgan fingerprint density at radius 2 is 2.25 bits per heavy atom. The lowest BCUT2D eigenvalue weighted by atomic mass is 10.2. The van der Waals surface area contributed by atoms with Gasteiger partial charge in [0.05, 0.1) is 17.1 Å². The summed E-state index contributed by atoms with van der Waals surface area (Å²) in [7, 11) is 1.82. The largest absolute Gasteiger partial charge is 0.419 e. The van der Waals surface area contributed by atoms with E-state index < -0.39 is 0 Å². The van der Waals surface area contributed by atoms with Crippen molar-refractivity contribution in [1.82, 2.24) is 15.5 Å². The number of nitrogens with one attached hydrogen (secondary N) is 1. The first-order valence-electron chi connectivity index (χ1n) is 4.63. The van der Waals surface area contributed by atoms with Crippen molar-refractivity contribution in [2.75, 3.05) is 7.05 Å². The van der Waals surface area contributed by atoms with Gasteiger partial charge in [-0.15, -0.1) is 10.2 Å². The van der Waals surface area contributed by atoms with Crippen LogP contribution in [0.2, 0.25) is 5.02 Å². The molecule has 0 fully saturated rings. The molecule has 16 heavy (non-hydrogen) atoms. The molecule has 0 spiro atoms. The van der Waals surface area contributed by atoms with E-state index in [1.54, 1.807) is 6.07 Å². The number of hydrogen-bond donors (Lipinski definition) is 1. The van der Waals surface area contributed by atoms with E-state index in [0.29, 0.717) is 23.3 Å². The molecule has 6 heteroatoms. The van der Waals surface area contributed by atoms with E-state index in [1.807, 2.05) is 19.2 Å². The Kier molecular flexibility index (Phi) is 3.58. The summed E-state index contributed by atoms with van der Waals surface area (Å²) in [6.45, 7) is 0.540. The molecule has 1 aromatic carbocycles. The number of hydrogen-bond acceptors (Lipinski definition) is 4. The van der Waals surface area contributed by atoms with Gasteiger partial charge in [-0.25, -0.2) is 0 Å². The Bertz CT molecular complexity index is 501. The average molecular weight is 303 g/mol. The molecule has 0 bridgehead atoms. The monoisotopic (exact) mass is 301 g/mol. The highest BCUT2D eigenvalue weighted by molar-refractivity contribution is 9.10. The third-order valence-corrected chi connectivity index (χ3v) is 2.78. The summed E-state index contributed by atoms with van der Waals surface area (Å²) in [4.78, 5) is 0. The highest BCUT2D eigenvalue weighted by atomic mass is 79.9. The molecular weight excluding hydrogens is 293 g/mol. The van der Waals surface area contributed by atoms with Crippen LogP contribution in [0.4, 0.5) is 0 Å². The van der Waals surface area contributed by atoms with Gasteiger partial charge in [0.15, 0.2) is 0 Å². The van der Waals surface area contributed by atoms with Crippen LogP contribution < -0.4 is 5.32 Å². The molecule has 0 aliphatic carbocycles. The van der Waals surface area contributed by atoms with Crippen molar-refractivity contribution >= 4 is 27.5 Å². The van der Waals surface area contributed by atoms with Crippen LogP contribution in [0.3, 0.4) is 0 Å². The Hall–Kier alpha value is -0.910. The SMILES string of the molecule is CNCc1nnc(-c2cc(Br)ccc2Cl)o1. The molecule has 1 heterocycles. The summed E-state index contributed by atoms with van der Waals surface area (Å²) in [6.07, 6.45) is 0. The van der Waals surface area contributed by atoms with Gasteiger partial charge in [0.2, 0.25) is 11.8 Å². The lowest BCUT2D eigenvalue weighted by Gasteiger charge is -1.99. The summed E-state index contributed by atoms with van der Waals surface area (Å²) < 4.78 is 6.37. The van der Waals surface area contributed by atoms with Gasteiger partial charge in [0.25, 0.3) is 0 Å². The number of aromatic nitrogens is 2. The molecule has 0 aliphatic rings.